The number of halogens is 1. The quantitative estimate of drug-likeness (QED) is 0.558. The normalized spacial score (nSPS) is 21.5. The van der Waals surface area contributed by atoms with Gasteiger partial charge < -0.3 is 10.1 Å². The molecule has 2 N–H and O–H groups in total. The van der Waals surface area contributed by atoms with Crippen molar-refractivity contribution >= 4 is 5.97 Å². The standard InChI is InChI=1S/C19H30FNO2/c1-2-3-4-5-6-7-8-14-9-11-15(12-10-14)16-13-21-18(17(16)20)19(22)23/h13-15,21H,2-12H2,1H3,(H,22,23)/t14-,15+. The summed E-state index contributed by atoms with van der Waals surface area (Å²) in [5, 5.41) is 8.92. The highest BCUT2D eigenvalue weighted by Crippen LogP contribution is 2.39. The maximum absolute atomic E-state index is 14.1. The number of hydrogen-bond donors (Lipinski definition) is 2. The molecular weight excluding hydrogens is 293 g/mol. The molecule has 1 fully saturated rings. The molecule has 1 aliphatic rings. The van der Waals surface area contributed by atoms with Crippen LogP contribution in [-0.4, -0.2) is 16.1 Å². The van der Waals surface area contributed by atoms with Gasteiger partial charge in [0.25, 0.3) is 0 Å². The Balaban J connectivity index is 1.71. The van der Waals surface area contributed by atoms with E-state index in [1.807, 2.05) is 0 Å². The van der Waals surface area contributed by atoms with E-state index >= 15 is 0 Å². The molecule has 4 heteroatoms. The third-order valence-electron chi connectivity index (χ3n) is 5.31. The third kappa shape index (κ3) is 5.08. The molecule has 3 nitrogen and oxygen atoms in total. The Kier molecular flexibility index (Phi) is 7.13. The van der Waals surface area contributed by atoms with Crippen molar-refractivity contribution in [1.82, 2.24) is 4.98 Å². The van der Waals surface area contributed by atoms with Crippen molar-refractivity contribution in [2.24, 2.45) is 5.92 Å². The molecule has 0 spiro atoms. The molecule has 1 saturated carbocycles. The molecule has 0 bridgehead atoms. The van der Waals surface area contributed by atoms with E-state index in [9.17, 15) is 9.18 Å². The van der Waals surface area contributed by atoms with Gasteiger partial charge in [-0.1, -0.05) is 51.9 Å². The number of carboxylic acids is 1. The van der Waals surface area contributed by atoms with Gasteiger partial charge in [-0.2, -0.15) is 0 Å². The summed E-state index contributed by atoms with van der Waals surface area (Å²) >= 11 is 0. The van der Waals surface area contributed by atoms with Crippen LogP contribution < -0.4 is 0 Å². The number of rotatable bonds is 9. The van der Waals surface area contributed by atoms with Crippen LogP contribution in [0.3, 0.4) is 0 Å². The van der Waals surface area contributed by atoms with Crippen LogP contribution in [0.1, 0.15) is 99.5 Å². The lowest BCUT2D eigenvalue weighted by Gasteiger charge is -2.28. The second kappa shape index (κ2) is 9.09. The van der Waals surface area contributed by atoms with Crippen molar-refractivity contribution in [3.05, 3.63) is 23.3 Å². The van der Waals surface area contributed by atoms with Gasteiger partial charge in [0.05, 0.1) is 0 Å². The number of aromatic nitrogens is 1. The predicted octanol–water partition coefficient (Wildman–Crippen LogP) is 5.88. The van der Waals surface area contributed by atoms with Gasteiger partial charge in [-0.3, -0.25) is 0 Å². The number of carbonyl (C=O) groups is 1. The number of aromatic carboxylic acids is 1. The maximum atomic E-state index is 14.1. The molecular formula is C19H30FNO2. The van der Waals surface area contributed by atoms with Gasteiger partial charge in [0.2, 0.25) is 0 Å². The average molecular weight is 323 g/mol. The van der Waals surface area contributed by atoms with Crippen LogP contribution in [0.25, 0.3) is 0 Å². The van der Waals surface area contributed by atoms with Crippen LogP contribution in [0.15, 0.2) is 6.20 Å². The second-order valence-electron chi connectivity index (χ2n) is 7.01. The Morgan fingerprint density at radius 3 is 2.43 bits per heavy atom. The number of unbranched alkanes of at least 4 members (excludes halogenated alkanes) is 5. The summed E-state index contributed by atoms with van der Waals surface area (Å²) in [5.74, 6) is -0.819. The monoisotopic (exact) mass is 323 g/mol. The van der Waals surface area contributed by atoms with Gasteiger partial charge in [-0.15, -0.1) is 0 Å². The van der Waals surface area contributed by atoms with Crippen molar-refractivity contribution in [3.63, 3.8) is 0 Å². The Morgan fingerprint density at radius 2 is 1.83 bits per heavy atom. The minimum Gasteiger partial charge on any atom is -0.476 e. The first-order chi connectivity index (χ1) is 11.1. The zero-order chi connectivity index (χ0) is 16.7. The minimum absolute atomic E-state index is 0.181. The van der Waals surface area contributed by atoms with Gasteiger partial charge in [0.15, 0.2) is 11.5 Å². The SMILES string of the molecule is CCCCCCCC[C@H]1CC[C@@H](c2c[nH]c(C(=O)O)c2F)CC1. The fourth-order valence-corrected chi connectivity index (χ4v) is 3.85. The predicted molar refractivity (Wildman–Crippen MR) is 90.4 cm³/mol. The Labute approximate surface area is 138 Å². The summed E-state index contributed by atoms with van der Waals surface area (Å²) in [4.78, 5) is 13.5. The second-order valence-corrected chi connectivity index (χ2v) is 7.01. The van der Waals surface area contributed by atoms with Crippen molar-refractivity contribution in [2.75, 3.05) is 0 Å². The van der Waals surface area contributed by atoms with E-state index in [0.29, 0.717) is 5.56 Å². The van der Waals surface area contributed by atoms with Crippen LogP contribution in [0, 0.1) is 11.7 Å². The van der Waals surface area contributed by atoms with Crippen LogP contribution in [0.2, 0.25) is 0 Å². The maximum Gasteiger partial charge on any atom is 0.355 e. The molecule has 2 rings (SSSR count). The highest BCUT2D eigenvalue weighted by Gasteiger charge is 2.27. The number of hydrogen-bond acceptors (Lipinski definition) is 1. The van der Waals surface area contributed by atoms with Gasteiger partial charge >= 0.3 is 5.97 Å². The number of H-pyrrole nitrogens is 1. The first kappa shape index (κ1) is 18.0. The van der Waals surface area contributed by atoms with Gasteiger partial charge in [-0.05, 0) is 37.5 Å². The van der Waals surface area contributed by atoms with Crippen molar-refractivity contribution < 1.29 is 14.3 Å². The van der Waals surface area contributed by atoms with Crippen molar-refractivity contribution in [2.45, 2.75) is 83.5 Å². The van der Waals surface area contributed by atoms with Gasteiger partial charge in [-0.25, -0.2) is 9.18 Å². The molecule has 0 radical (unpaired) electrons. The fraction of sp³-hybridized carbons (Fsp3) is 0.737. The van der Waals surface area contributed by atoms with Crippen LogP contribution in [-0.2, 0) is 0 Å². The highest BCUT2D eigenvalue weighted by atomic mass is 19.1. The van der Waals surface area contributed by atoms with Gasteiger partial charge in [0.1, 0.15) is 0 Å². The summed E-state index contributed by atoms with van der Waals surface area (Å²) in [6, 6.07) is 0. The number of carboxylic acid groups (broad SMARTS) is 1. The van der Waals surface area contributed by atoms with Crippen LogP contribution in [0.4, 0.5) is 4.39 Å². The number of nitrogens with one attached hydrogen (secondary N) is 1. The van der Waals surface area contributed by atoms with E-state index in [1.54, 1.807) is 6.20 Å². The molecule has 1 aromatic heterocycles. The van der Waals surface area contributed by atoms with E-state index in [-0.39, 0.29) is 11.6 Å². The summed E-state index contributed by atoms with van der Waals surface area (Å²) in [7, 11) is 0. The zero-order valence-corrected chi connectivity index (χ0v) is 14.2. The summed E-state index contributed by atoms with van der Waals surface area (Å²) in [5.41, 5.74) is 0.273. The highest BCUT2D eigenvalue weighted by molar-refractivity contribution is 5.86. The molecule has 1 aromatic rings. The lowest BCUT2D eigenvalue weighted by Crippen LogP contribution is -2.14. The first-order valence-electron chi connectivity index (χ1n) is 9.23. The molecule has 130 valence electrons. The minimum atomic E-state index is -1.22. The Morgan fingerprint density at radius 1 is 1.17 bits per heavy atom. The summed E-state index contributed by atoms with van der Waals surface area (Å²) < 4.78 is 14.1. The van der Waals surface area contributed by atoms with E-state index in [2.05, 4.69) is 11.9 Å². The molecule has 0 amide bonds. The summed E-state index contributed by atoms with van der Waals surface area (Å²) in [6.45, 7) is 2.24. The molecule has 0 saturated heterocycles. The molecule has 0 aliphatic heterocycles. The molecule has 1 aliphatic carbocycles. The molecule has 0 unspecified atom stereocenters. The summed E-state index contributed by atoms with van der Waals surface area (Å²) in [6.07, 6.45) is 15.1. The molecule has 0 atom stereocenters. The largest absolute Gasteiger partial charge is 0.476 e. The zero-order valence-electron chi connectivity index (χ0n) is 14.2. The lowest BCUT2D eigenvalue weighted by molar-refractivity contribution is 0.0686. The third-order valence-corrected chi connectivity index (χ3v) is 5.31. The lowest BCUT2D eigenvalue weighted by atomic mass is 9.77. The molecule has 1 heterocycles. The van der Waals surface area contributed by atoms with E-state index in [1.165, 1.54) is 44.9 Å². The van der Waals surface area contributed by atoms with Crippen LogP contribution in [0.5, 0.6) is 0 Å². The van der Waals surface area contributed by atoms with Crippen molar-refractivity contribution in [3.8, 4) is 0 Å². The van der Waals surface area contributed by atoms with Crippen molar-refractivity contribution in [1.29, 1.82) is 0 Å². The smallest absolute Gasteiger partial charge is 0.355 e. The average Bonchev–Trinajstić information content (AvgIpc) is 2.93. The van der Waals surface area contributed by atoms with E-state index in [0.717, 1.165) is 31.6 Å². The van der Waals surface area contributed by atoms with Gasteiger partial charge in [0, 0.05) is 11.8 Å². The molecule has 23 heavy (non-hydrogen) atoms. The number of aromatic amines is 1. The van der Waals surface area contributed by atoms with E-state index < -0.39 is 11.8 Å². The van der Waals surface area contributed by atoms with Crippen LogP contribution >= 0.6 is 0 Å². The van der Waals surface area contributed by atoms with E-state index in [4.69, 9.17) is 5.11 Å². The topological polar surface area (TPSA) is 53.1 Å². The Hall–Kier alpha value is -1.32. The Bertz CT molecular complexity index is 490. The molecule has 0 aromatic carbocycles. The fourth-order valence-electron chi connectivity index (χ4n) is 3.85. The first-order valence-corrected chi connectivity index (χ1v) is 9.23.